The summed E-state index contributed by atoms with van der Waals surface area (Å²) in [6.45, 7) is 5.39. The molecule has 4 rings (SSSR count). The number of para-hydroxylation sites is 2. The van der Waals surface area contributed by atoms with Crippen molar-refractivity contribution in [1.29, 1.82) is 0 Å². The molecule has 0 fully saturated rings. The van der Waals surface area contributed by atoms with E-state index in [1.165, 1.54) is 5.56 Å². The van der Waals surface area contributed by atoms with Crippen LogP contribution in [0.25, 0.3) is 11.0 Å². The smallest absolute Gasteiger partial charge is 0.224 e. The number of rotatable bonds is 9. The maximum atomic E-state index is 12.6. The van der Waals surface area contributed by atoms with E-state index in [0.717, 1.165) is 41.1 Å². The first kappa shape index (κ1) is 22.9. The molecule has 170 valence electrons. The van der Waals surface area contributed by atoms with Crippen molar-refractivity contribution in [2.45, 2.75) is 39.3 Å². The minimum atomic E-state index is -0.227. The van der Waals surface area contributed by atoms with Crippen molar-refractivity contribution in [3.05, 3.63) is 94.8 Å². The van der Waals surface area contributed by atoms with Crippen LogP contribution in [0.3, 0.4) is 0 Å². The summed E-state index contributed by atoms with van der Waals surface area (Å²) >= 11 is 5.94. The fourth-order valence-corrected chi connectivity index (χ4v) is 3.98. The Morgan fingerprint density at radius 1 is 1.06 bits per heavy atom. The second kappa shape index (κ2) is 10.5. The number of carbonyl (C=O) groups excluding carboxylic acids is 1. The lowest BCUT2D eigenvalue weighted by molar-refractivity contribution is -0.121. The second-order valence-corrected chi connectivity index (χ2v) is 8.65. The highest BCUT2D eigenvalue weighted by Gasteiger charge is 2.18. The summed E-state index contributed by atoms with van der Waals surface area (Å²) < 4.78 is 8.08. The van der Waals surface area contributed by atoms with Crippen LogP contribution < -0.4 is 10.1 Å². The predicted octanol–water partition coefficient (Wildman–Crippen LogP) is 5.89. The maximum Gasteiger partial charge on any atom is 0.224 e. The molecule has 0 aliphatic heterocycles. The third-order valence-corrected chi connectivity index (χ3v) is 5.79. The zero-order valence-electron chi connectivity index (χ0n) is 18.9. The number of aryl methyl sites for hydroxylation is 2. The zero-order chi connectivity index (χ0) is 23.2. The van der Waals surface area contributed by atoms with Crippen LogP contribution in [-0.2, 0) is 17.8 Å². The van der Waals surface area contributed by atoms with E-state index in [1.54, 1.807) is 12.1 Å². The van der Waals surface area contributed by atoms with Gasteiger partial charge in [-0.1, -0.05) is 53.6 Å². The Bertz CT molecular complexity index is 1220. The van der Waals surface area contributed by atoms with Crippen molar-refractivity contribution in [2.75, 3.05) is 6.61 Å². The lowest BCUT2D eigenvalue weighted by Gasteiger charge is -2.17. The van der Waals surface area contributed by atoms with Crippen LogP contribution in [0.2, 0.25) is 5.02 Å². The summed E-state index contributed by atoms with van der Waals surface area (Å²) in [7, 11) is 0. The van der Waals surface area contributed by atoms with E-state index in [1.807, 2.05) is 61.5 Å². The van der Waals surface area contributed by atoms with Gasteiger partial charge in [0, 0.05) is 11.6 Å². The number of carbonyl (C=O) groups is 1. The normalized spacial score (nSPS) is 12.0. The highest BCUT2D eigenvalue weighted by Crippen LogP contribution is 2.22. The van der Waals surface area contributed by atoms with Gasteiger partial charge in [-0.15, -0.1) is 0 Å². The molecule has 0 spiro atoms. The van der Waals surface area contributed by atoms with Crippen molar-refractivity contribution in [1.82, 2.24) is 14.9 Å². The molecule has 0 aliphatic rings. The van der Waals surface area contributed by atoms with Crippen LogP contribution in [0.15, 0.2) is 72.8 Å². The summed E-state index contributed by atoms with van der Waals surface area (Å²) in [5, 5.41) is 3.76. The molecular formula is C27H28ClN3O2. The highest BCUT2D eigenvalue weighted by atomic mass is 35.5. The Kier molecular flexibility index (Phi) is 7.30. The Balaban J connectivity index is 1.42. The van der Waals surface area contributed by atoms with Gasteiger partial charge in [-0.05, 0) is 62.2 Å². The largest absolute Gasteiger partial charge is 0.494 e. The first-order valence-electron chi connectivity index (χ1n) is 11.2. The number of benzene rings is 3. The number of halogens is 1. The summed E-state index contributed by atoms with van der Waals surface area (Å²) in [5.41, 5.74) is 4.11. The van der Waals surface area contributed by atoms with Gasteiger partial charge in [-0.25, -0.2) is 4.98 Å². The molecule has 0 saturated heterocycles. The Labute approximate surface area is 199 Å². The third-order valence-electron chi connectivity index (χ3n) is 5.54. The van der Waals surface area contributed by atoms with Crippen molar-refractivity contribution in [2.24, 2.45) is 0 Å². The monoisotopic (exact) mass is 461 g/mol. The lowest BCUT2D eigenvalue weighted by Crippen LogP contribution is -2.30. The average Bonchev–Trinajstić information content (AvgIpc) is 3.18. The van der Waals surface area contributed by atoms with E-state index in [-0.39, 0.29) is 11.9 Å². The molecule has 1 N–H and O–H groups in total. The fourth-order valence-electron chi connectivity index (χ4n) is 3.85. The quantitative estimate of drug-likeness (QED) is 0.316. The molecule has 0 saturated carbocycles. The topological polar surface area (TPSA) is 56.1 Å². The summed E-state index contributed by atoms with van der Waals surface area (Å²) in [6.07, 6.45) is 1.12. The molecule has 4 aromatic rings. The first-order valence-corrected chi connectivity index (χ1v) is 11.6. The van der Waals surface area contributed by atoms with Crippen LogP contribution in [0.5, 0.6) is 5.75 Å². The molecule has 6 heteroatoms. The maximum absolute atomic E-state index is 12.6. The van der Waals surface area contributed by atoms with E-state index in [2.05, 4.69) is 22.9 Å². The summed E-state index contributed by atoms with van der Waals surface area (Å²) in [5.74, 6) is 1.67. The first-order chi connectivity index (χ1) is 16.0. The van der Waals surface area contributed by atoms with Gasteiger partial charge in [0.05, 0.1) is 30.1 Å². The fraction of sp³-hybridized carbons (Fsp3) is 0.259. The van der Waals surface area contributed by atoms with Crippen molar-refractivity contribution >= 4 is 28.5 Å². The molecule has 0 radical (unpaired) electrons. The number of imidazole rings is 1. The van der Waals surface area contributed by atoms with Gasteiger partial charge in [-0.2, -0.15) is 0 Å². The number of nitrogens with zero attached hydrogens (tertiary/aromatic N) is 2. The number of ether oxygens (including phenoxy) is 1. The second-order valence-electron chi connectivity index (χ2n) is 8.22. The highest BCUT2D eigenvalue weighted by molar-refractivity contribution is 6.30. The number of nitrogens with one attached hydrogen (secondary N) is 1. The number of fused-ring (bicyclic) bond motifs is 1. The minimum absolute atomic E-state index is 0.0499. The Morgan fingerprint density at radius 2 is 1.79 bits per heavy atom. The van der Waals surface area contributed by atoms with Crippen molar-refractivity contribution in [3.8, 4) is 5.75 Å². The van der Waals surface area contributed by atoms with E-state index >= 15 is 0 Å². The van der Waals surface area contributed by atoms with E-state index in [0.29, 0.717) is 18.1 Å². The number of amides is 1. The standard InChI is InChI=1S/C27H28ClN3O2/c1-19-8-14-23(15-9-19)33-17-5-16-31-25-7-4-3-6-24(25)30-27(31)20(2)29-26(32)18-21-10-12-22(28)13-11-21/h3-4,6-15,20H,5,16-18H2,1-2H3,(H,29,32). The number of hydrogen-bond acceptors (Lipinski definition) is 3. The molecule has 1 unspecified atom stereocenters. The van der Waals surface area contributed by atoms with Gasteiger partial charge in [0.1, 0.15) is 11.6 Å². The van der Waals surface area contributed by atoms with Crippen LogP contribution in [0.1, 0.15) is 36.3 Å². The van der Waals surface area contributed by atoms with Gasteiger partial charge >= 0.3 is 0 Å². The molecule has 5 nitrogen and oxygen atoms in total. The van der Waals surface area contributed by atoms with Crippen molar-refractivity contribution < 1.29 is 9.53 Å². The minimum Gasteiger partial charge on any atom is -0.494 e. The van der Waals surface area contributed by atoms with Gasteiger partial charge < -0.3 is 14.6 Å². The molecular weight excluding hydrogens is 434 g/mol. The summed E-state index contributed by atoms with van der Waals surface area (Å²) in [4.78, 5) is 17.5. The lowest BCUT2D eigenvalue weighted by atomic mass is 10.1. The molecule has 1 amide bonds. The molecule has 0 aliphatic carbocycles. The molecule has 1 atom stereocenters. The van der Waals surface area contributed by atoms with E-state index in [4.69, 9.17) is 21.3 Å². The van der Waals surface area contributed by atoms with Crippen molar-refractivity contribution in [3.63, 3.8) is 0 Å². The van der Waals surface area contributed by atoms with Crippen LogP contribution in [0.4, 0.5) is 0 Å². The van der Waals surface area contributed by atoms with E-state index < -0.39 is 0 Å². The van der Waals surface area contributed by atoms with Crippen LogP contribution in [0, 0.1) is 6.92 Å². The van der Waals surface area contributed by atoms with Gasteiger partial charge in [0.25, 0.3) is 0 Å². The van der Waals surface area contributed by atoms with Gasteiger partial charge in [-0.3, -0.25) is 4.79 Å². The molecule has 33 heavy (non-hydrogen) atoms. The van der Waals surface area contributed by atoms with Crippen LogP contribution >= 0.6 is 11.6 Å². The Morgan fingerprint density at radius 3 is 2.55 bits per heavy atom. The summed E-state index contributed by atoms with van der Waals surface area (Å²) in [6, 6.07) is 23.2. The van der Waals surface area contributed by atoms with Gasteiger partial charge in [0.15, 0.2) is 0 Å². The van der Waals surface area contributed by atoms with Gasteiger partial charge in [0.2, 0.25) is 5.91 Å². The molecule has 0 bridgehead atoms. The SMILES string of the molecule is Cc1ccc(OCCCn2c(C(C)NC(=O)Cc3ccc(Cl)cc3)nc3ccccc32)cc1. The van der Waals surface area contributed by atoms with E-state index in [9.17, 15) is 4.79 Å². The Hall–Kier alpha value is -3.31. The number of hydrogen-bond donors (Lipinski definition) is 1. The molecule has 1 heterocycles. The number of aromatic nitrogens is 2. The molecule has 1 aromatic heterocycles. The average molecular weight is 462 g/mol. The zero-order valence-corrected chi connectivity index (χ0v) is 19.7. The third kappa shape index (κ3) is 5.93. The molecule has 3 aromatic carbocycles. The van der Waals surface area contributed by atoms with Crippen LogP contribution in [-0.4, -0.2) is 22.1 Å². The predicted molar refractivity (Wildman–Crippen MR) is 133 cm³/mol.